The summed E-state index contributed by atoms with van der Waals surface area (Å²) >= 11 is 0. The molecular formula is C17H15O5. The van der Waals surface area contributed by atoms with Crippen molar-refractivity contribution in [1.82, 2.24) is 0 Å². The number of hydrogen-bond acceptors (Lipinski definition) is 5. The Morgan fingerprint density at radius 3 is 2.14 bits per heavy atom. The molecule has 22 heavy (non-hydrogen) atoms. The molecule has 0 saturated heterocycles. The molecule has 2 aromatic carbocycles. The molecule has 113 valence electrons. The SMILES string of the molecule is COc1ccc([C]2OC(=O)c3c(OC)cc(OC)cc32)cc1. The molecule has 0 bridgehead atoms. The molecule has 1 radical (unpaired) electrons. The smallest absolute Gasteiger partial charge is 0.343 e. The number of benzene rings is 2. The quantitative estimate of drug-likeness (QED) is 0.813. The lowest BCUT2D eigenvalue weighted by Gasteiger charge is -2.11. The summed E-state index contributed by atoms with van der Waals surface area (Å²) in [6.45, 7) is 0. The van der Waals surface area contributed by atoms with Gasteiger partial charge in [0, 0.05) is 17.2 Å². The molecule has 0 unspecified atom stereocenters. The first-order valence-corrected chi connectivity index (χ1v) is 6.68. The van der Waals surface area contributed by atoms with Crippen LogP contribution >= 0.6 is 0 Å². The van der Waals surface area contributed by atoms with Crippen molar-refractivity contribution in [3.8, 4) is 17.2 Å². The Kier molecular flexibility index (Phi) is 3.63. The summed E-state index contributed by atoms with van der Waals surface area (Å²) in [4.78, 5) is 12.2. The van der Waals surface area contributed by atoms with E-state index in [-0.39, 0.29) is 0 Å². The zero-order valence-corrected chi connectivity index (χ0v) is 12.5. The monoisotopic (exact) mass is 299 g/mol. The number of carbonyl (C=O) groups is 1. The lowest BCUT2D eigenvalue weighted by molar-refractivity contribution is 0.0617. The lowest BCUT2D eigenvalue weighted by Crippen LogP contribution is -2.01. The van der Waals surface area contributed by atoms with Crippen LogP contribution in [0.1, 0.15) is 21.5 Å². The maximum Gasteiger partial charge on any atom is 0.343 e. The summed E-state index contributed by atoms with van der Waals surface area (Å²) in [7, 11) is 4.67. The topological polar surface area (TPSA) is 54.0 Å². The number of ether oxygens (including phenoxy) is 4. The Balaban J connectivity index is 2.09. The maximum atomic E-state index is 12.2. The first-order valence-electron chi connectivity index (χ1n) is 6.68. The van der Waals surface area contributed by atoms with Crippen LogP contribution in [0, 0.1) is 6.10 Å². The fourth-order valence-corrected chi connectivity index (χ4v) is 2.41. The summed E-state index contributed by atoms with van der Waals surface area (Å²) in [5.74, 6) is 1.33. The number of rotatable bonds is 4. The highest BCUT2D eigenvalue weighted by Gasteiger charge is 2.37. The fourth-order valence-electron chi connectivity index (χ4n) is 2.41. The van der Waals surface area contributed by atoms with E-state index in [1.807, 2.05) is 24.3 Å². The van der Waals surface area contributed by atoms with Gasteiger partial charge in [0.25, 0.3) is 0 Å². The van der Waals surface area contributed by atoms with Crippen LogP contribution in [0.3, 0.4) is 0 Å². The second-order valence-corrected chi connectivity index (χ2v) is 4.70. The third-order valence-corrected chi connectivity index (χ3v) is 3.53. The normalized spacial score (nSPS) is 13.5. The highest BCUT2D eigenvalue weighted by Crippen LogP contribution is 2.42. The van der Waals surface area contributed by atoms with Crippen molar-refractivity contribution in [2.24, 2.45) is 0 Å². The Bertz CT molecular complexity index is 706. The molecule has 0 N–H and O–H groups in total. The largest absolute Gasteiger partial charge is 0.497 e. The van der Waals surface area contributed by atoms with Gasteiger partial charge in [0.05, 0.1) is 21.3 Å². The molecule has 1 heterocycles. The van der Waals surface area contributed by atoms with E-state index >= 15 is 0 Å². The van der Waals surface area contributed by atoms with Crippen LogP contribution < -0.4 is 14.2 Å². The summed E-state index contributed by atoms with van der Waals surface area (Å²) in [6, 6.07) is 10.7. The standard InChI is InChI=1S/C17H15O5/c1-19-11-6-4-10(5-7-11)16-13-8-12(20-2)9-14(21-3)15(13)17(18)22-16/h4-9H,1-3H3. The van der Waals surface area contributed by atoms with E-state index in [2.05, 4.69) is 0 Å². The van der Waals surface area contributed by atoms with Gasteiger partial charge >= 0.3 is 5.97 Å². The summed E-state index contributed by atoms with van der Waals surface area (Å²) < 4.78 is 21.1. The van der Waals surface area contributed by atoms with Crippen LogP contribution in [0.4, 0.5) is 0 Å². The van der Waals surface area contributed by atoms with Gasteiger partial charge in [-0.05, 0) is 18.2 Å². The molecule has 0 atom stereocenters. The summed E-state index contributed by atoms with van der Waals surface area (Å²) in [6.07, 6.45) is 0.486. The molecule has 1 aliphatic rings. The molecule has 5 heteroatoms. The second kappa shape index (κ2) is 5.60. The highest BCUT2D eigenvalue weighted by atomic mass is 16.6. The van der Waals surface area contributed by atoms with E-state index in [0.717, 1.165) is 11.3 Å². The first kappa shape index (κ1) is 14.3. The van der Waals surface area contributed by atoms with E-state index in [0.29, 0.717) is 28.7 Å². The Morgan fingerprint density at radius 1 is 0.864 bits per heavy atom. The van der Waals surface area contributed by atoms with Crippen LogP contribution in [0.2, 0.25) is 0 Å². The fraction of sp³-hybridized carbons (Fsp3) is 0.176. The molecule has 3 rings (SSSR count). The van der Waals surface area contributed by atoms with Crippen molar-refractivity contribution < 1.29 is 23.7 Å². The lowest BCUT2D eigenvalue weighted by atomic mass is 9.98. The number of carbonyl (C=O) groups excluding carboxylic acids is 1. The van der Waals surface area contributed by atoms with Gasteiger partial charge in [0.15, 0.2) is 0 Å². The zero-order valence-electron chi connectivity index (χ0n) is 12.5. The van der Waals surface area contributed by atoms with Gasteiger partial charge < -0.3 is 18.9 Å². The van der Waals surface area contributed by atoms with E-state index in [4.69, 9.17) is 18.9 Å². The molecular weight excluding hydrogens is 284 g/mol. The molecule has 2 aromatic rings. The third-order valence-electron chi connectivity index (χ3n) is 3.53. The van der Waals surface area contributed by atoms with Crippen molar-refractivity contribution in [3.05, 3.63) is 59.2 Å². The van der Waals surface area contributed by atoms with Crippen LogP contribution in [0.5, 0.6) is 17.2 Å². The van der Waals surface area contributed by atoms with Crippen molar-refractivity contribution in [3.63, 3.8) is 0 Å². The number of cyclic esters (lactones) is 1. The van der Waals surface area contributed by atoms with E-state index in [1.54, 1.807) is 26.4 Å². The minimum absolute atomic E-state index is 0.411. The third kappa shape index (κ3) is 2.24. The molecule has 0 saturated carbocycles. The first-order chi connectivity index (χ1) is 10.7. The van der Waals surface area contributed by atoms with Crippen molar-refractivity contribution in [2.75, 3.05) is 21.3 Å². The maximum absolute atomic E-state index is 12.2. The summed E-state index contributed by atoms with van der Waals surface area (Å²) in [5, 5.41) is 0. The average Bonchev–Trinajstić information content (AvgIpc) is 2.91. The minimum atomic E-state index is -0.430. The zero-order chi connectivity index (χ0) is 15.7. The Labute approximate surface area is 128 Å². The van der Waals surface area contributed by atoms with Crippen LogP contribution in [0.15, 0.2) is 36.4 Å². The van der Waals surface area contributed by atoms with Crippen molar-refractivity contribution >= 4 is 5.97 Å². The Morgan fingerprint density at radius 2 is 1.55 bits per heavy atom. The van der Waals surface area contributed by atoms with E-state index in [9.17, 15) is 4.79 Å². The van der Waals surface area contributed by atoms with Gasteiger partial charge in [-0.25, -0.2) is 4.79 Å². The molecule has 0 fully saturated rings. The molecule has 1 aliphatic heterocycles. The number of fused-ring (bicyclic) bond motifs is 1. The van der Waals surface area contributed by atoms with Crippen LogP contribution in [-0.4, -0.2) is 27.3 Å². The molecule has 0 amide bonds. The van der Waals surface area contributed by atoms with Gasteiger partial charge in [0.1, 0.15) is 22.8 Å². The second-order valence-electron chi connectivity index (χ2n) is 4.70. The Hall–Kier alpha value is -2.69. The van der Waals surface area contributed by atoms with Gasteiger partial charge in [-0.15, -0.1) is 0 Å². The predicted octanol–water partition coefficient (Wildman–Crippen LogP) is 2.81. The predicted molar refractivity (Wildman–Crippen MR) is 79.4 cm³/mol. The van der Waals surface area contributed by atoms with Gasteiger partial charge in [-0.1, -0.05) is 12.1 Å². The number of hydrogen-bond donors (Lipinski definition) is 0. The van der Waals surface area contributed by atoms with Crippen molar-refractivity contribution in [1.29, 1.82) is 0 Å². The molecule has 0 aliphatic carbocycles. The van der Waals surface area contributed by atoms with Crippen molar-refractivity contribution in [2.45, 2.75) is 0 Å². The number of esters is 1. The van der Waals surface area contributed by atoms with Gasteiger partial charge in [-0.3, -0.25) is 0 Å². The number of methoxy groups -OCH3 is 3. The van der Waals surface area contributed by atoms with E-state index < -0.39 is 5.97 Å². The van der Waals surface area contributed by atoms with Gasteiger partial charge in [-0.2, -0.15) is 0 Å². The minimum Gasteiger partial charge on any atom is -0.497 e. The van der Waals surface area contributed by atoms with E-state index in [1.165, 1.54) is 7.11 Å². The molecule has 5 nitrogen and oxygen atoms in total. The molecule has 0 spiro atoms. The van der Waals surface area contributed by atoms with Gasteiger partial charge in [0.2, 0.25) is 6.10 Å². The summed E-state index contributed by atoms with van der Waals surface area (Å²) in [5.41, 5.74) is 1.85. The van der Waals surface area contributed by atoms with Crippen LogP contribution in [0.25, 0.3) is 0 Å². The molecule has 0 aromatic heterocycles. The van der Waals surface area contributed by atoms with Crippen LogP contribution in [-0.2, 0) is 4.74 Å². The average molecular weight is 299 g/mol. The highest BCUT2D eigenvalue weighted by molar-refractivity contribution is 6.00.